The number of rotatable bonds is 8. The van der Waals surface area contributed by atoms with Crippen LogP contribution in [0.4, 0.5) is 0 Å². The van der Waals surface area contributed by atoms with Crippen molar-refractivity contribution in [3.8, 4) is 0 Å². The van der Waals surface area contributed by atoms with E-state index in [0.29, 0.717) is 6.04 Å². The Morgan fingerprint density at radius 2 is 1.88 bits per heavy atom. The average Bonchev–Trinajstić information content (AvgIpc) is 2.26. The largest absolute Gasteiger partial charge is 0.469 e. The molecule has 0 aromatic carbocycles. The van der Waals surface area contributed by atoms with E-state index in [2.05, 4.69) is 25.7 Å². The number of nitrogens with zero attached hydrogens (tertiary/aromatic N) is 1. The number of unbranched alkanes of at least 4 members (excludes halogenated alkanes) is 2. The van der Waals surface area contributed by atoms with Crippen LogP contribution in [-0.2, 0) is 9.53 Å². The molecule has 0 aliphatic rings. The molecule has 0 saturated carbocycles. The number of hydrogen-bond donors (Lipinski definition) is 0. The molecule has 0 aliphatic carbocycles. The van der Waals surface area contributed by atoms with Crippen LogP contribution in [0.2, 0.25) is 0 Å². The van der Waals surface area contributed by atoms with Crippen LogP contribution in [0.1, 0.15) is 53.9 Å². The first kappa shape index (κ1) is 16.4. The van der Waals surface area contributed by atoms with Crippen molar-refractivity contribution in [2.24, 2.45) is 5.41 Å². The van der Waals surface area contributed by atoms with Gasteiger partial charge in [-0.2, -0.15) is 0 Å². The lowest BCUT2D eigenvalue weighted by atomic mass is 9.92. The summed E-state index contributed by atoms with van der Waals surface area (Å²) in [7, 11) is 1.46. The van der Waals surface area contributed by atoms with Gasteiger partial charge in [0.05, 0.1) is 12.5 Å². The van der Waals surface area contributed by atoms with Gasteiger partial charge in [0.15, 0.2) is 0 Å². The van der Waals surface area contributed by atoms with Gasteiger partial charge in [0.1, 0.15) is 0 Å². The van der Waals surface area contributed by atoms with Crippen LogP contribution >= 0.6 is 0 Å². The van der Waals surface area contributed by atoms with E-state index in [9.17, 15) is 4.79 Å². The van der Waals surface area contributed by atoms with E-state index in [-0.39, 0.29) is 5.97 Å². The zero-order valence-corrected chi connectivity index (χ0v) is 12.4. The number of carbonyl (C=O) groups is 1. The maximum atomic E-state index is 11.7. The molecule has 0 bridgehead atoms. The summed E-state index contributed by atoms with van der Waals surface area (Å²) in [5.41, 5.74) is -0.425. The summed E-state index contributed by atoms with van der Waals surface area (Å²) in [6.45, 7) is 12.3. The molecule has 0 saturated heterocycles. The molecule has 0 amide bonds. The lowest BCUT2D eigenvalue weighted by molar-refractivity contribution is -0.152. The molecule has 0 aromatic heterocycles. The molecule has 0 aliphatic heterocycles. The van der Waals surface area contributed by atoms with Gasteiger partial charge in [-0.15, -0.1) is 0 Å². The summed E-state index contributed by atoms with van der Waals surface area (Å²) in [6.07, 6.45) is 3.68. The molecule has 0 radical (unpaired) electrons. The average molecular weight is 243 g/mol. The molecule has 3 nitrogen and oxygen atoms in total. The molecule has 102 valence electrons. The van der Waals surface area contributed by atoms with Crippen LogP contribution in [0.25, 0.3) is 0 Å². The fourth-order valence-corrected chi connectivity index (χ4v) is 1.93. The molecule has 0 N–H and O–H groups in total. The Morgan fingerprint density at radius 1 is 1.29 bits per heavy atom. The first-order chi connectivity index (χ1) is 7.85. The van der Waals surface area contributed by atoms with Gasteiger partial charge in [0.2, 0.25) is 0 Å². The minimum absolute atomic E-state index is 0.126. The summed E-state index contributed by atoms with van der Waals surface area (Å²) in [5, 5.41) is 0. The topological polar surface area (TPSA) is 29.5 Å². The Bertz CT molecular complexity index is 224. The molecular weight excluding hydrogens is 214 g/mol. The van der Waals surface area contributed by atoms with Gasteiger partial charge in [-0.1, -0.05) is 19.8 Å². The van der Waals surface area contributed by atoms with Crippen molar-refractivity contribution in [3.05, 3.63) is 0 Å². The molecule has 0 heterocycles. The highest BCUT2D eigenvalue weighted by Gasteiger charge is 2.31. The molecular formula is C14H29NO2. The molecule has 0 atom stereocenters. The highest BCUT2D eigenvalue weighted by Crippen LogP contribution is 2.20. The minimum atomic E-state index is -0.425. The highest BCUT2D eigenvalue weighted by atomic mass is 16.5. The van der Waals surface area contributed by atoms with E-state index in [1.54, 1.807) is 0 Å². The molecule has 0 spiro atoms. The second kappa shape index (κ2) is 7.70. The lowest BCUT2D eigenvalue weighted by Gasteiger charge is -2.33. The number of ether oxygens (including phenoxy) is 1. The fraction of sp³-hybridized carbons (Fsp3) is 0.929. The third-order valence-corrected chi connectivity index (χ3v) is 3.12. The van der Waals surface area contributed by atoms with Crippen LogP contribution in [-0.4, -0.2) is 37.1 Å². The predicted molar refractivity (Wildman–Crippen MR) is 72.0 cm³/mol. The van der Waals surface area contributed by atoms with Crippen molar-refractivity contribution in [3.63, 3.8) is 0 Å². The zero-order valence-electron chi connectivity index (χ0n) is 12.4. The van der Waals surface area contributed by atoms with Gasteiger partial charge in [-0.25, -0.2) is 0 Å². The molecule has 0 aromatic rings. The highest BCUT2D eigenvalue weighted by molar-refractivity contribution is 5.76. The van der Waals surface area contributed by atoms with E-state index >= 15 is 0 Å². The third kappa shape index (κ3) is 6.06. The van der Waals surface area contributed by atoms with E-state index < -0.39 is 5.41 Å². The predicted octanol–water partition coefficient (Wildman–Crippen LogP) is 3.09. The second-order valence-electron chi connectivity index (χ2n) is 5.65. The molecule has 0 unspecified atom stereocenters. The molecule has 0 fully saturated rings. The quantitative estimate of drug-likeness (QED) is 0.484. The van der Waals surface area contributed by atoms with Crippen molar-refractivity contribution in [2.75, 3.05) is 20.2 Å². The Kier molecular flexibility index (Phi) is 7.44. The summed E-state index contributed by atoms with van der Waals surface area (Å²) >= 11 is 0. The van der Waals surface area contributed by atoms with Gasteiger partial charge in [0, 0.05) is 12.6 Å². The monoisotopic (exact) mass is 243 g/mol. The maximum absolute atomic E-state index is 11.7. The number of esters is 1. The van der Waals surface area contributed by atoms with Crippen LogP contribution in [0.5, 0.6) is 0 Å². The van der Waals surface area contributed by atoms with Crippen LogP contribution < -0.4 is 0 Å². The van der Waals surface area contributed by atoms with Crippen molar-refractivity contribution in [2.45, 2.75) is 59.9 Å². The first-order valence-electron chi connectivity index (χ1n) is 6.67. The van der Waals surface area contributed by atoms with Gasteiger partial charge < -0.3 is 4.74 Å². The summed E-state index contributed by atoms with van der Waals surface area (Å²) in [5.74, 6) is -0.126. The van der Waals surface area contributed by atoms with Crippen molar-refractivity contribution >= 4 is 5.97 Å². The van der Waals surface area contributed by atoms with Crippen LogP contribution in [0, 0.1) is 5.41 Å². The second-order valence-corrected chi connectivity index (χ2v) is 5.65. The molecule has 17 heavy (non-hydrogen) atoms. The molecule has 3 heteroatoms. The van der Waals surface area contributed by atoms with E-state index in [1.807, 2.05) is 13.8 Å². The first-order valence-corrected chi connectivity index (χ1v) is 6.67. The summed E-state index contributed by atoms with van der Waals surface area (Å²) in [6, 6.07) is 0.468. The van der Waals surface area contributed by atoms with E-state index in [1.165, 1.54) is 26.4 Å². The van der Waals surface area contributed by atoms with Crippen LogP contribution in [0.15, 0.2) is 0 Å². The Morgan fingerprint density at radius 3 is 2.29 bits per heavy atom. The zero-order chi connectivity index (χ0) is 13.5. The van der Waals surface area contributed by atoms with E-state index in [4.69, 9.17) is 4.74 Å². The number of carbonyl (C=O) groups excluding carboxylic acids is 1. The van der Waals surface area contributed by atoms with Crippen molar-refractivity contribution < 1.29 is 9.53 Å². The van der Waals surface area contributed by atoms with Crippen molar-refractivity contribution in [1.82, 2.24) is 4.90 Å². The Labute approximate surface area is 107 Å². The lowest BCUT2D eigenvalue weighted by Crippen LogP contribution is -2.43. The van der Waals surface area contributed by atoms with Crippen LogP contribution in [0.3, 0.4) is 0 Å². The number of methoxy groups -OCH3 is 1. The normalized spacial score (nSPS) is 12.2. The minimum Gasteiger partial charge on any atom is -0.469 e. The summed E-state index contributed by atoms with van der Waals surface area (Å²) in [4.78, 5) is 14.0. The van der Waals surface area contributed by atoms with Gasteiger partial charge in [0.25, 0.3) is 0 Å². The Balaban J connectivity index is 4.37. The maximum Gasteiger partial charge on any atom is 0.312 e. The summed E-state index contributed by atoms with van der Waals surface area (Å²) < 4.78 is 4.86. The van der Waals surface area contributed by atoms with Crippen molar-refractivity contribution in [1.29, 1.82) is 0 Å². The van der Waals surface area contributed by atoms with E-state index in [0.717, 1.165) is 13.1 Å². The van der Waals surface area contributed by atoms with Gasteiger partial charge in [-0.05, 0) is 40.7 Å². The van der Waals surface area contributed by atoms with Gasteiger partial charge in [-0.3, -0.25) is 9.69 Å². The molecule has 0 rings (SSSR count). The standard InChI is InChI=1S/C14H29NO2/c1-7-8-9-10-15(12(2)3)11-14(4,5)13(16)17-6/h12H,7-11H2,1-6H3. The Hall–Kier alpha value is -0.570. The fourth-order valence-electron chi connectivity index (χ4n) is 1.93. The third-order valence-electron chi connectivity index (χ3n) is 3.12. The number of hydrogen-bond acceptors (Lipinski definition) is 3. The smallest absolute Gasteiger partial charge is 0.312 e. The SMILES string of the molecule is CCCCCN(CC(C)(C)C(=O)OC)C(C)C. The van der Waals surface area contributed by atoms with Gasteiger partial charge >= 0.3 is 5.97 Å².